The summed E-state index contributed by atoms with van der Waals surface area (Å²) in [5, 5.41) is 9.20. The van der Waals surface area contributed by atoms with Gasteiger partial charge in [-0.3, -0.25) is 14.6 Å². The second kappa shape index (κ2) is 7.67. The molecule has 2 amide bonds. The van der Waals surface area contributed by atoms with Gasteiger partial charge in [0.2, 0.25) is 0 Å². The number of carbonyl (C=O) groups excluding carboxylic acids is 2. The first-order valence-electron chi connectivity index (χ1n) is 8.87. The van der Waals surface area contributed by atoms with Crippen molar-refractivity contribution in [3.63, 3.8) is 0 Å². The summed E-state index contributed by atoms with van der Waals surface area (Å²) >= 11 is 0. The highest BCUT2D eigenvalue weighted by atomic mass is 32.2. The summed E-state index contributed by atoms with van der Waals surface area (Å²) in [7, 11) is -3.39. The first-order chi connectivity index (χ1) is 14.3. The summed E-state index contributed by atoms with van der Waals surface area (Å²) in [5.74, 6) is -2.83. The van der Waals surface area contributed by atoms with E-state index in [0.717, 1.165) is 5.56 Å². The van der Waals surface area contributed by atoms with Crippen molar-refractivity contribution in [1.29, 1.82) is 0 Å². The number of carbonyl (C=O) groups is 2. The fourth-order valence-corrected chi connectivity index (χ4v) is 4.56. The molecule has 4 rings (SSSR count). The van der Waals surface area contributed by atoms with Crippen LogP contribution in [0.15, 0.2) is 48.8 Å². The maximum Gasteiger partial charge on any atom is 0.314 e. The molecule has 3 aromatic rings. The smallest absolute Gasteiger partial charge is 0.314 e. The van der Waals surface area contributed by atoms with Gasteiger partial charge >= 0.3 is 11.8 Å². The van der Waals surface area contributed by atoms with Crippen LogP contribution in [0.25, 0.3) is 5.69 Å². The van der Waals surface area contributed by atoms with Crippen LogP contribution in [-0.2, 0) is 37.5 Å². The highest BCUT2D eigenvalue weighted by Crippen LogP contribution is 2.32. The van der Waals surface area contributed by atoms with E-state index in [2.05, 4.69) is 20.7 Å². The predicted octanol–water partition coefficient (Wildman–Crippen LogP) is 1.09. The lowest BCUT2D eigenvalue weighted by Crippen LogP contribution is -2.35. The molecular formula is C19H16FN5O4S. The molecule has 3 heterocycles. The fraction of sp³-hybridized carbons (Fsp3) is 0.158. The van der Waals surface area contributed by atoms with Crippen molar-refractivity contribution in [2.75, 3.05) is 5.32 Å². The lowest BCUT2D eigenvalue weighted by Gasteiger charge is -2.11. The number of benzene rings is 1. The minimum Gasteiger partial charge on any atom is -0.344 e. The maximum absolute atomic E-state index is 13.3. The Morgan fingerprint density at radius 3 is 2.43 bits per heavy atom. The minimum atomic E-state index is -3.39. The Balaban J connectivity index is 1.58. The second-order valence-electron chi connectivity index (χ2n) is 6.69. The summed E-state index contributed by atoms with van der Waals surface area (Å²) in [6, 6.07) is 8.69. The Labute approximate surface area is 170 Å². The van der Waals surface area contributed by atoms with E-state index in [9.17, 15) is 22.4 Å². The zero-order valence-corrected chi connectivity index (χ0v) is 16.3. The number of fused-ring (bicyclic) bond motifs is 1. The highest BCUT2D eigenvalue weighted by molar-refractivity contribution is 7.90. The van der Waals surface area contributed by atoms with Crippen LogP contribution in [0.5, 0.6) is 0 Å². The molecule has 2 N–H and O–H groups in total. The van der Waals surface area contributed by atoms with E-state index in [1.54, 1.807) is 24.5 Å². The number of hydrogen-bond acceptors (Lipinski definition) is 6. The summed E-state index contributed by atoms with van der Waals surface area (Å²) in [4.78, 5) is 28.5. The van der Waals surface area contributed by atoms with E-state index in [-0.39, 0.29) is 29.6 Å². The normalized spacial score (nSPS) is 14.2. The van der Waals surface area contributed by atoms with Gasteiger partial charge in [-0.05, 0) is 42.0 Å². The molecule has 0 spiro atoms. The number of halogens is 1. The largest absolute Gasteiger partial charge is 0.344 e. The Kier molecular flexibility index (Phi) is 5.04. The van der Waals surface area contributed by atoms with E-state index in [0.29, 0.717) is 11.3 Å². The van der Waals surface area contributed by atoms with Crippen molar-refractivity contribution in [3.8, 4) is 5.69 Å². The molecule has 11 heteroatoms. The van der Waals surface area contributed by atoms with E-state index in [4.69, 9.17) is 0 Å². The molecule has 1 aromatic carbocycles. The predicted molar refractivity (Wildman–Crippen MR) is 105 cm³/mol. The summed E-state index contributed by atoms with van der Waals surface area (Å²) < 4.78 is 38.5. The Morgan fingerprint density at radius 1 is 1.03 bits per heavy atom. The Bertz CT molecular complexity index is 1220. The average molecular weight is 429 g/mol. The third-order valence-electron chi connectivity index (χ3n) is 4.50. The monoisotopic (exact) mass is 429 g/mol. The Morgan fingerprint density at radius 2 is 1.73 bits per heavy atom. The number of amides is 2. The van der Waals surface area contributed by atoms with Crippen molar-refractivity contribution in [2.45, 2.75) is 18.1 Å². The van der Waals surface area contributed by atoms with Gasteiger partial charge in [0.05, 0.1) is 22.9 Å². The maximum atomic E-state index is 13.3. The molecule has 0 aliphatic carbocycles. The quantitative estimate of drug-likeness (QED) is 0.599. The van der Waals surface area contributed by atoms with E-state index in [1.807, 2.05) is 0 Å². The molecule has 0 radical (unpaired) electrons. The van der Waals surface area contributed by atoms with Crippen molar-refractivity contribution in [1.82, 2.24) is 20.1 Å². The van der Waals surface area contributed by atoms with Crippen molar-refractivity contribution in [3.05, 3.63) is 71.4 Å². The van der Waals surface area contributed by atoms with E-state index < -0.39 is 27.5 Å². The molecule has 0 saturated carbocycles. The third-order valence-corrected chi connectivity index (χ3v) is 5.94. The van der Waals surface area contributed by atoms with Gasteiger partial charge in [-0.2, -0.15) is 5.10 Å². The standard InChI is InChI=1S/C19H16FN5O4S/c20-13-1-3-14(4-2-13)25-17(15-10-30(28,29)11-16(15)24-25)23-19(27)18(26)22-9-12-5-7-21-8-6-12/h1-8H,9-11H2,(H,22,26)(H,23,27). The van der Waals surface area contributed by atoms with Crippen LogP contribution < -0.4 is 10.6 Å². The number of nitrogens with one attached hydrogen (secondary N) is 2. The number of rotatable bonds is 4. The van der Waals surface area contributed by atoms with Gasteiger partial charge in [0.15, 0.2) is 9.84 Å². The molecule has 0 unspecified atom stereocenters. The molecule has 0 saturated heterocycles. The molecule has 30 heavy (non-hydrogen) atoms. The van der Waals surface area contributed by atoms with Gasteiger partial charge in [-0.25, -0.2) is 17.5 Å². The van der Waals surface area contributed by atoms with Gasteiger partial charge in [0.25, 0.3) is 0 Å². The molecule has 0 bridgehead atoms. The lowest BCUT2D eigenvalue weighted by atomic mass is 10.2. The molecule has 0 atom stereocenters. The molecule has 0 fully saturated rings. The van der Waals surface area contributed by atoms with Gasteiger partial charge in [-0.15, -0.1) is 0 Å². The van der Waals surface area contributed by atoms with Gasteiger partial charge in [-0.1, -0.05) is 0 Å². The van der Waals surface area contributed by atoms with Crippen LogP contribution in [0.2, 0.25) is 0 Å². The second-order valence-corrected chi connectivity index (χ2v) is 8.75. The van der Waals surface area contributed by atoms with Crippen molar-refractivity contribution < 1.29 is 22.4 Å². The van der Waals surface area contributed by atoms with Crippen LogP contribution in [0.4, 0.5) is 10.2 Å². The van der Waals surface area contributed by atoms with Crippen LogP contribution in [0, 0.1) is 5.82 Å². The minimum absolute atomic E-state index is 0.0711. The number of hydrogen-bond donors (Lipinski definition) is 2. The summed E-state index contributed by atoms with van der Waals surface area (Å²) in [6.07, 6.45) is 3.12. The van der Waals surface area contributed by atoms with Crippen LogP contribution in [-0.4, -0.2) is 35.0 Å². The number of anilines is 1. The van der Waals surface area contributed by atoms with Crippen molar-refractivity contribution in [2.24, 2.45) is 0 Å². The lowest BCUT2D eigenvalue weighted by molar-refractivity contribution is -0.136. The number of nitrogens with zero attached hydrogens (tertiary/aromatic N) is 3. The van der Waals surface area contributed by atoms with Crippen LogP contribution in [0.3, 0.4) is 0 Å². The number of aromatic nitrogens is 3. The summed E-state index contributed by atoms with van der Waals surface area (Å²) in [6.45, 7) is 0.123. The van der Waals surface area contributed by atoms with Crippen molar-refractivity contribution >= 4 is 27.5 Å². The van der Waals surface area contributed by atoms with E-state index >= 15 is 0 Å². The third kappa shape index (κ3) is 4.06. The SMILES string of the molecule is O=C(NCc1ccncc1)C(=O)Nc1c2c(nn1-c1ccc(F)cc1)CS(=O)(=O)C2. The molecule has 9 nitrogen and oxygen atoms in total. The van der Waals surface area contributed by atoms with Gasteiger partial charge in [0, 0.05) is 24.5 Å². The average Bonchev–Trinajstić information content (AvgIpc) is 3.20. The topological polar surface area (TPSA) is 123 Å². The molecular weight excluding hydrogens is 413 g/mol. The zero-order chi connectivity index (χ0) is 21.3. The van der Waals surface area contributed by atoms with Gasteiger partial charge < -0.3 is 10.6 Å². The molecule has 1 aliphatic heterocycles. The first-order valence-corrected chi connectivity index (χ1v) is 10.7. The highest BCUT2D eigenvalue weighted by Gasteiger charge is 2.33. The van der Waals surface area contributed by atoms with E-state index in [1.165, 1.54) is 28.9 Å². The fourth-order valence-electron chi connectivity index (χ4n) is 3.07. The first kappa shape index (κ1) is 19.7. The summed E-state index contributed by atoms with van der Waals surface area (Å²) in [5.41, 5.74) is 1.77. The number of sulfone groups is 1. The molecule has 1 aliphatic rings. The molecule has 154 valence electrons. The van der Waals surface area contributed by atoms with Crippen LogP contribution >= 0.6 is 0 Å². The van der Waals surface area contributed by atoms with Gasteiger partial charge in [0.1, 0.15) is 11.6 Å². The molecule has 2 aromatic heterocycles. The Hall–Kier alpha value is -3.60. The number of pyridine rings is 1. The zero-order valence-electron chi connectivity index (χ0n) is 15.5. The van der Waals surface area contributed by atoms with Crippen LogP contribution in [0.1, 0.15) is 16.8 Å².